The normalized spacial score (nSPS) is 12.4. The predicted molar refractivity (Wildman–Crippen MR) is 78.3 cm³/mol. The van der Waals surface area contributed by atoms with Crippen LogP contribution in [0.3, 0.4) is 0 Å². The molecule has 0 radical (unpaired) electrons. The van der Waals surface area contributed by atoms with E-state index < -0.39 is 5.82 Å². The lowest BCUT2D eigenvalue weighted by molar-refractivity contribution is 0.520. The van der Waals surface area contributed by atoms with Crippen molar-refractivity contribution in [1.82, 2.24) is 5.32 Å². The zero-order valence-electron chi connectivity index (χ0n) is 10.8. The Hall–Kier alpha value is -1.16. The molecule has 1 nitrogen and oxygen atoms in total. The molecule has 2 aromatic carbocycles. The molecule has 0 aliphatic carbocycles. The fourth-order valence-electron chi connectivity index (χ4n) is 2.07. The summed E-state index contributed by atoms with van der Waals surface area (Å²) in [6, 6.07) is 8.44. The van der Waals surface area contributed by atoms with Crippen LogP contribution in [0.5, 0.6) is 0 Å². The van der Waals surface area contributed by atoms with Crippen LogP contribution < -0.4 is 5.32 Å². The Balaban J connectivity index is 2.31. The van der Waals surface area contributed by atoms with Crippen molar-refractivity contribution in [3.63, 3.8) is 0 Å². The first-order valence-electron chi connectivity index (χ1n) is 6.07. The molecule has 0 saturated carbocycles. The molecule has 0 bridgehead atoms. The van der Waals surface area contributed by atoms with E-state index in [1.165, 1.54) is 18.2 Å². The van der Waals surface area contributed by atoms with Crippen LogP contribution in [0.1, 0.15) is 17.2 Å². The van der Waals surface area contributed by atoms with Gasteiger partial charge in [-0.05, 0) is 49.4 Å². The van der Waals surface area contributed by atoms with Crippen molar-refractivity contribution >= 4 is 23.2 Å². The smallest absolute Gasteiger partial charge is 0.129 e. The highest BCUT2D eigenvalue weighted by Crippen LogP contribution is 2.25. The molecule has 20 heavy (non-hydrogen) atoms. The minimum Gasteiger partial charge on any atom is -0.313 e. The van der Waals surface area contributed by atoms with E-state index in [1.54, 1.807) is 25.2 Å². The van der Waals surface area contributed by atoms with Crippen molar-refractivity contribution in [3.8, 4) is 0 Å². The molecule has 106 valence electrons. The van der Waals surface area contributed by atoms with Crippen LogP contribution in [0.4, 0.5) is 8.78 Å². The van der Waals surface area contributed by atoms with Crippen LogP contribution >= 0.6 is 23.2 Å². The summed E-state index contributed by atoms with van der Waals surface area (Å²) >= 11 is 11.6. The molecule has 0 heterocycles. The SMILES string of the molecule is CNC(Cc1cc(Cl)ccc1F)c1ccc(Cl)cc1F. The molecule has 1 unspecified atom stereocenters. The van der Waals surface area contributed by atoms with Gasteiger partial charge in [0.2, 0.25) is 0 Å². The quantitative estimate of drug-likeness (QED) is 0.856. The average molecular weight is 316 g/mol. The Morgan fingerprint density at radius 1 is 1.00 bits per heavy atom. The number of halogens is 4. The minimum absolute atomic E-state index is 0.293. The van der Waals surface area contributed by atoms with E-state index in [1.807, 2.05) is 0 Å². The van der Waals surface area contributed by atoms with Gasteiger partial charge >= 0.3 is 0 Å². The number of nitrogens with one attached hydrogen (secondary N) is 1. The van der Waals surface area contributed by atoms with Crippen LogP contribution in [-0.2, 0) is 6.42 Å². The summed E-state index contributed by atoms with van der Waals surface area (Å²) in [5.74, 6) is -0.775. The van der Waals surface area contributed by atoms with Crippen molar-refractivity contribution in [3.05, 3.63) is 69.2 Å². The van der Waals surface area contributed by atoms with Crippen LogP contribution in [-0.4, -0.2) is 7.05 Å². The Morgan fingerprint density at radius 2 is 1.65 bits per heavy atom. The van der Waals surface area contributed by atoms with E-state index in [0.29, 0.717) is 27.6 Å². The second-order valence-corrected chi connectivity index (χ2v) is 5.32. The number of hydrogen-bond acceptors (Lipinski definition) is 1. The third-order valence-electron chi connectivity index (χ3n) is 3.12. The Kier molecular flexibility index (Phi) is 4.97. The van der Waals surface area contributed by atoms with Gasteiger partial charge in [0.05, 0.1) is 0 Å². The van der Waals surface area contributed by atoms with E-state index in [4.69, 9.17) is 23.2 Å². The Morgan fingerprint density at radius 3 is 2.30 bits per heavy atom. The number of rotatable bonds is 4. The largest absolute Gasteiger partial charge is 0.313 e. The van der Waals surface area contributed by atoms with Gasteiger partial charge in [-0.15, -0.1) is 0 Å². The predicted octanol–water partition coefficient (Wildman–Crippen LogP) is 4.77. The van der Waals surface area contributed by atoms with Crippen molar-refractivity contribution in [2.75, 3.05) is 7.05 Å². The van der Waals surface area contributed by atoms with Crippen molar-refractivity contribution in [2.24, 2.45) is 0 Å². The molecule has 0 amide bonds. The van der Waals surface area contributed by atoms with Gasteiger partial charge in [0.1, 0.15) is 11.6 Å². The first kappa shape index (κ1) is 15.2. The molecule has 0 spiro atoms. The third-order valence-corrected chi connectivity index (χ3v) is 3.59. The van der Waals surface area contributed by atoms with Crippen LogP contribution in [0, 0.1) is 11.6 Å². The summed E-state index contributed by atoms with van der Waals surface area (Å²) in [6.45, 7) is 0. The highest BCUT2D eigenvalue weighted by Gasteiger charge is 2.17. The lowest BCUT2D eigenvalue weighted by Gasteiger charge is -2.18. The molecule has 0 saturated heterocycles. The molecule has 0 aliphatic rings. The molecule has 2 aromatic rings. The van der Waals surface area contributed by atoms with Gasteiger partial charge in [-0.2, -0.15) is 0 Å². The fourth-order valence-corrected chi connectivity index (χ4v) is 2.42. The van der Waals surface area contributed by atoms with Crippen molar-refractivity contribution < 1.29 is 8.78 Å². The molecule has 0 fully saturated rings. The molecule has 2 rings (SSSR count). The summed E-state index contributed by atoms with van der Waals surface area (Å²) in [6.07, 6.45) is 0.293. The monoisotopic (exact) mass is 315 g/mol. The molecule has 0 aromatic heterocycles. The molecule has 1 atom stereocenters. The van der Waals surface area contributed by atoms with Crippen LogP contribution in [0.2, 0.25) is 10.0 Å². The maximum absolute atomic E-state index is 13.9. The molecular formula is C15H13Cl2F2N. The summed E-state index contributed by atoms with van der Waals surface area (Å²) in [5.41, 5.74) is 0.877. The second-order valence-electron chi connectivity index (χ2n) is 4.45. The highest BCUT2D eigenvalue weighted by molar-refractivity contribution is 6.30. The van der Waals surface area contributed by atoms with Gasteiger partial charge in [0.25, 0.3) is 0 Å². The van der Waals surface area contributed by atoms with E-state index in [9.17, 15) is 8.78 Å². The Labute approximate surface area is 126 Å². The number of hydrogen-bond donors (Lipinski definition) is 1. The highest BCUT2D eigenvalue weighted by atomic mass is 35.5. The first-order chi connectivity index (χ1) is 9.51. The number of likely N-dealkylation sites (N-methyl/N-ethyl adjacent to an activating group) is 1. The van der Waals surface area contributed by atoms with Crippen molar-refractivity contribution in [1.29, 1.82) is 0 Å². The topological polar surface area (TPSA) is 12.0 Å². The van der Waals surface area contributed by atoms with Gasteiger partial charge in [-0.1, -0.05) is 29.3 Å². The van der Waals surface area contributed by atoms with Gasteiger partial charge in [0, 0.05) is 21.7 Å². The fraction of sp³-hybridized carbons (Fsp3) is 0.200. The average Bonchev–Trinajstić information content (AvgIpc) is 2.40. The second kappa shape index (κ2) is 6.53. The molecule has 0 aliphatic heterocycles. The molecule has 5 heteroatoms. The summed E-state index contributed by atoms with van der Waals surface area (Å²) in [4.78, 5) is 0. The summed E-state index contributed by atoms with van der Waals surface area (Å²) in [7, 11) is 1.70. The number of benzene rings is 2. The zero-order valence-corrected chi connectivity index (χ0v) is 12.3. The summed E-state index contributed by atoms with van der Waals surface area (Å²) in [5, 5.41) is 3.76. The van der Waals surface area contributed by atoms with Crippen LogP contribution in [0.15, 0.2) is 36.4 Å². The molecule has 1 N–H and O–H groups in total. The van der Waals surface area contributed by atoms with E-state index in [2.05, 4.69) is 5.32 Å². The van der Waals surface area contributed by atoms with E-state index in [-0.39, 0.29) is 11.9 Å². The van der Waals surface area contributed by atoms with Gasteiger partial charge in [0.15, 0.2) is 0 Å². The van der Waals surface area contributed by atoms with Gasteiger partial charge in [-0.3, -0.25) is 0 Å². The third kappa shape index (κ3) is 3.48. The van der Waals surface area contributed by atoms with E-state index in [0.717, 1.165) is 0 Å². The standard InChI is InChI=1S/C15H13Cl2F2N/c1-20-15(12-4-2-11(17)8-14(12)19)7-9-6-10(16)3-5-13(9)18/h2-6,8,15,20H,7H2,1H3. The molecular weight excluding hydrogens is 303 g/mol. The maximum atomic E-state index is 13.9. The lowest BCUT2D eigenvalue weighted by atomic mass is 9.98. The summed E-state index contributed by atoms with van der Waals surface area (Å²) < 4.78 is 27.7. The van der Waals surface area contributed by atoms with Gasteiger partial charge in [-0.25, -0.2) is 8.78 Å². The van der Waals surface area contributed by atoms with Gasteiger partial charge < -0.3 is 5.32 Å². The Bertz CT molecular complexity index is 617. The maximum Gasteiger partial charge on any atom is 0.129 e. The van der Waals surface area contributed by atoms with Crippen LogP contribution in [0.25, 0.3) is 0 Å². The van der Waals surface area contributed by atoms with E-state index >= 15 is 0 Å². The minimum atomic E-state index is -0.417. The lowest BCUT2D eigenvalue weighted by Crippen LogP contribution is -2.20. The zero-order chi connectivity index (χ0) is 14.7. The van der Waals surface area contributed by atoms with Crippen molar-refractivity contribution in [2.45, 2.75) is 12.5 Å². The first-order valence-corrected chi connectivity index (χ1v) is 6.83.